The summed E-state index contributed by atoms with van der Waals surface area (Å²) in [7, 11) is 0. The molecule has 0 saturated heterocycles. The van der Waals surface area contributed by atoms with Crippen LogP contribution >= 0.6 is 11.6 Å². The molecule has 20 heavy (non-hydrogen) atoms. The Morgan fingerprint density at radius 3 is 2.55 bits per heavy atom. The third kappa shape index (κ3) is 3.12. The smallest absolute Gasteiger partial charge is 0.142 e. The summed E-state index contributed by atoms with van der Waals surface area (Å²) < 4.78 is 40.3. The Labute approximate surface area is 119 Å². The molecule has 1 unspecified atom stereocenters. The lowest BCUT2D eigenvalue weighted by Crippen LogP contribution is -2.30. The summed E-state index contributed by atoms with van der Waals surface area (Å²) in [6, 6.07) is 6.68. The quantitative estimate of drug-likeness (QED) is 0.670. The molecular weight excluding hydrogens is 289 g/mol. The van der Waals surface area contributed by atoms with Gasteiger partial charge in [0.2, 0.25) is 0 Å². The Morgan fingerprint density at radius 2 is 1.85 bits per heavy atom. The Balaban J connectivity index is 2.34. The fourth-order valence-electron chi connectivity index (χ4n) is 1.97. The van der Waals surface area contributed by atoms with E-state index in [0.29, 0.717) is 5.56 Å². The van der Waals surface area contributed by atoms with Gasteiger partial charge >= 0.3 is 0 Å². The fraction of sp³-hybridized carbons (Fsp3) is 0.143. The second-order valence-corrected chi connectivity index (χ2v) is 4.68. The lowest BCUT2D eigenvalue weighted by molar-refractivity contribution is 0.501. The molecule has 0 aromatic heterocycles. The molecule has 0 aliphatic heterocycles. The van der Waals surface area contributed by atoms with E-state index in [0.717, 1.165) is 18.2 Å². The van der Waals surface area contributed by atoms with E-state index in [4.69, 9.17) is 17.4 Å². The predicted molar refractivity (Wildman–Crippen MR) is 71.5 cm³/mol. The van der Waals surface area contributed by atoms with Gasteiger partial charge in [-0.15, -0.1) is 0 Å². The van der Waals surface area contributed by atoms with Gasteiger partial charge in [-0.25, -0.2) is 13.2 Å². The molecule has 0 spiro atoms. The van der Waals surface area contributed by atoms with Gasteiger partial charge in [-0.1, -0.05) is 23.7 Å². The Morgan fingerprint density at radius 1 is 1.10 bits per heavy atom. The average Bonchev–Trinajstić information content (AvgIpc) is 2.43. The minimum absolute atomic E-state index is 0.0513. The second-order valence-electron chi connectivity index (χ2n) is 4.30. The molecule has 6 heteroatoms. The molecule has 0 saturated carbocycles. The molecule has 0 bridgehead atoms. The first kappa shape index (κ1) is 14.8. The zero-order valence-electron chi connectivity index (χ0n) is 10.3. The highest BCUT2D eigenvalue weighted by Gasteiger charge is 2.18. The normalized spacial score (nSPS) is 12.4. The lowest BCUT2D eigenvalue weighted by atomic mass is 9.98. The zero-order chi connectivity index (χ0) is 14.7. The van der Waals surface area contributed by atoms with E-state index in [2.05, 4.69) is 5.43 Å². The van der Waals surface area contributed by atoms with Gasteiger partial charge in [-0.2, -0.15) is 0 Å². The molecule has 3 N–H and O–H groups in total. The monoisotopic (exact) mass is 300 g/mol. The van der Waals surface area contributed by atoms with E-state index in [9.17, 15) is 13.2 Å². The van der Waals surface area contributed by atoms with Crippen LogP contribution in [-0.4, -0.2) is 0 Å². The standard InChI is InChI=1S/C14H12ClF3N2/c15-14-8(2-1-3-12(14)18)6-13(20-19)10-7-9(16)4-5-11(10)17/h1-5,7,13,20H,6,19H2. The highest BCUT2D eigenvalue weighted by atomic mass is 35.5. The zero-order valence-corrected chi connectivity index (χ0v) is 11.1. The van der Waals surface area contributed by atoms with Gasteiger partial charge in [0.15, 0.2) is 0 Å². The highest BCUT2D eigenvalue weighted by Crippen LogP contribution is 2.26. The van der Waals surface area contributed by atoms with Crippen LogP contribution in [0.2, 0.25) is 5.02 Å². The second kappa shape index (κ2) is 6.26. The first-order valence-corrected chi connectivity index (χ1v) is 6.24. The van der Waals surface area contributed by atoms with Crippen LogP contribution in [0, 0.1) is 17.5 Å². The maximum Gasteiger partial charge on any atom is 0.142 e. The number of hydrazine groups is 1. The van der Waals surface area contributed by atoms with Crippen molar-refractivity contribution in [2.45, 2.75) is 12.5 Å². The number of rotatable bonds is 4. The summed E-state index contributed by atoms with van der Waals surface area (Å²) in [5, 5.41) is -0.0513. The van der Waals surface area contributed by atoms with Crippen LogP contribution in [0.4, 0.5) is 13.2 Å². The largest absolute Gasteiger partial charge is 0.271 e. The first-order chi connectivity index (χ1) is 9.52. The molecule has 106 valence electrons. The highest BCUT2D eigenvalue weighted by molar-refractivity contribution is 6.31. The van der Waals surface area contributed by atoms with Crippen molar-refractivity contribution in [2.24, 2.45) is 5.84 Å². The molecule has 2 aromatic carbocycles. The van der Waals surface area contributed by atoms with Crippen LogP contribution < -0.4 is 11.3 Å². The minimum atomic E-state index is -0.718. The average molecular weight is 301 g/mol. The Bertz CT molecular complexity index is 619. The van der Waals surface area contributed by atoms with Crippen molar-refractivity contribution in [3.63, 3.8) is 0 Å². The summed E-state index contributed by atoms with van der Waals surface area (Å²) in [5.74, 6) is 3.64. The Kier molecular flexibility index (Phi) is 4.65. The van der Waals surface area contributed by atoms with Crippen molar-refractivity contribution in [3.8, 4) is 0 Å². The predicted octanol–water partition coefficient (Wildman–Crippen LogP) is 3.50. The van der Waals surface area contributed by atoms with Gasteiger partial charge in [0, 0.05) is 5.56 Å². The van der Waals surface area contributed by atoms with Gasteiger partial charge in [-0.3, -0.25) is 11.3 Å². The molecule has 0 fully saturated rings. The van der Waals surface area contributed by atoms with Crippen LogP contribution in [0.1, 0.15) is 17.2 Å². The van der Waals surface area contributed by atoms with Gasteiger partial charge < -0.3 is 0 Å². The van der Waals surface area contributed by atoms with Crippen LogP contribution in [0.3, 0.4) is 0 Å². The molecule has 2 aromatic rings. The van der Waals surface area contributed by atoms with Gasteiger partial charge in [0.1, 0.15) is 17.5 Å². The topological polar surface area (TPSA) is 38.0 Å². The molecular formula is C14H12ClF3N2. The van der Waals surface area contributed by atoms with Gasteiger partial charge in [-0.05, 0) is 36.2 Å². The van der Waals surface area contributed by atoms with Crippen molar-refractivity contribution in [1.82, 2.24) is 5.43 Å². The van der Waals surface area contributed by atoms with Gasteiger partial charge in [0.05, 0.1) is 11.1 Å². The number of hydrogen-bond donors (Lipinski definition) is 2. The molecule has 2 rings (SSSR count). The summed E-state index contributed by atoms with van der Waals surface area (Å²) in [6.07, 6.45) is 0.132. The van der Waals surface area contributed by atoms with E-state index >= 15 is 0 Å². The van der Waals surface area contributed by atoms with Gasteiger partial charge in [0.25, 0.3) is 0 Å². The molecule has 0 radical (unpaired) electrons. The summed E-state index contributed by atoms with van der Waals surface area (Å²) >= 11 is 5.84. The van der Waals surface area contributed by atoms with E-state index in [1.54, 1.807) is 6.07 Å². The number of nitrogens with one attached hydrogen (secondary N) is 1. The minimum Gasteiger partial charge on any atom is -0.271 e. The Hall–Kier alpha value is -1.56. The van der Waals surface area contributed by atoms with E-state index in [-0.39, 0.29) is 17.0 Å². The molecule has 0 heterocycles. The van der Waals surface area contributed by atoms with Crippen molar-refractivity contribution in [1.29, 1.82) is 0 Å². The number of benzene rings is 2. The van der Waals surface area contributed by atoms with E-state index in [1.165, 1.54) is 12.1 Å². The molecule has 1 atom stereocenters. The number of nitrogens with two attached hydrogens (primary N) is 1. The summed E-state index contributed by atoms with van der Waals surface area (Å²) in [5.41, 5.74) is 2.91. The maximum atomic E-state index is 13.7. The van der Waals surface area contributed by atoms with Crippen molar-refractivity contribution in [3.05, 3.63) is 70.0 Å². The van der Waals surface area contributed by atoms with E-state index in [1.807, 2.05) is 0 Å². The molecule has 0 aliphatic carbocycles. The number of hydrogen-bond acceptors (Lipinski definition) is 2. The number of halogens is 4. The van der Waals surface area contributed by atoms with E-state index < -0.39 is 23.5 Å². The van der Waals surface area contributed by atoms with Crippen LogP contribution in [-0.2, 0) is 6.42 Å². The molecule has 2 nitrogen and oxygen atoms in total. The SMILES string of the molecule is NNC(Cc1cccc(F)c1Cl)c1cc(F)ccc1F. The van der Waals surface area contributed by atoms with Crippen LogP contribution in [0.25, 0.3) is 0 Å². The lowest BCUT2D eigenvalue weighted by Gasteiger charge is -2.18. The maximum absolute atomic E-state index is 13.7. The summed E-state index contributed by atoms with van der Waals surface area (Å²) in [6.45, 7) is 0. The summed E-state index contributed by atoms with van der Waals surface area (Å²) in [4.78, 5) is 0. The molecule has 0 aliphatic rings. The molecule has 0 amide bonds. The van der Waals surface area contributed by atoms with Crippen LogP contribution in [0.5, 0.6) is 0 Å². The first-order valence-electron chi connectivity index (χ1n) is 5.87. The van der Waals surface area contributed by atoms with Crippen molar-refractivity contribution >= 4 is 11.6 Å². The third-order valence-corrected chi connectivity index (χ3v) is 3.41. The van der Waals surface area contributed by atoms with Crippen LogP contribution in [0.15, 0.2) is 36.4 Å². The third-order valence-electron chi connectivity index (χ3n) is 2.99. The van der Waals surface area contributed by atoms with Crippen molar-refractivity contribution in [2.75, 3.05) is 0 Å². The fourth-order valence-corrected chi connectivity index (χ4v) is 2.17. The van der Waals surface area contributed by atoms with Crippen molar-refractivity contribution < 1.29 is 13.2 Å².